The van der Waals surface area contributed by atoms with Gasteiger partial charge in [-0.15, -0.1) is 4.84 Å². The first-order chi connectivity index (χ1) is 4.15. The van der Waals surface area contributed by atoms with Crippen LogP contribution in [-0.4, -0.2) is 23.1 Å². The summed E-state index contributed by atoms with van der Waals surface area (Å²) in [6.07, 6.45) is 0.463. The Balaban J connectivity index is 2.61. The average molecular weight is 134 g/mol. The van der Waals surface area contributed by atoms with E-state index >= 15 is 0 Å². The molecule has 0 aromatic carbocycles. The van der Waals surface area contributed by atoms with Crippen LogP contribution in [0.4, 0.5) is 0 Å². The molecule has 0 amide bonds. The Morgan fingerprint density at radius 2 is 2.33 bits per heavy atom. The van der Waals surface area contributed by atoms with Crippen molar-refractivity contribution in [1.82, 2.24) is 0 Å². The Bertz CT molecular complexity index is 130. The number of nitrogens with zero attached hydrogens (tertiary/aromatic N) is 2. The van der Waals surface area contributed by atoms with Crippen LogP contribution < -0.4 is 0 Å². The van der Waals surface area contributed by atoms with Crippen molar-refractivity contribution < 1.29 is 14.8 Å². The predicted molar refractivity (Wildman–Crippen MR) is 26.1 cm³/mol. The van der Waals surface area contributed by atoms with E-state index < -0.39 is 9.95 Å². The van der Waals surface area contributed by atoms with Crippen molar-refractivity contribution in [2.45, 2.75) is 6.42 Å². The number of nitro groups is 1. The molecule has 1 heterocycles. The molecule has 1 unspecified atom stereocenters. The summed E-state index contributed by atoms with van der Waals surface area (Å²) in [5.41, 5.74) is 0. The molecule has 0 radical (unpaired) electrons. The lowest BCUT2D eigenvalue weighted by atomic mass is 10.5. The molecule has 1 aliphatic rings. The van der Waals surface area contributed by atoms with Crippen LogP contribution in [0.2, 0.25) is 0 Å². The van der Waals surface area contributed by atoms with Crippen LogP contribution in [0.25, 0.3) is 0 Å². The fourth-order valence-corrected chi connectivity index (χ4v) is 0.665. The van der Waals surface area contributed by atoms with Crippen LogP contribution in [0.15, 0.2) is 0 Å². The molecule has 0 aromatic heterocycles. The highest BCUT2D eigenvalue weighted by Gasteiger charge is 2.37. The van der Waals surface area contributed by atoms with Gasteiger partial charge in [-0.3, -0.25) is 0 Å². The summed E-state index contributed by atoms with van der Waals surface area (Å²) in [7, 11) is 0. The van der Waals surface area contributed by atoms with Gasteiger partial charge in [-0.25, -0.2) is 10.1 Å². The molecule has 9 heavy (non-hydrogen) atoms. The van der Waals surface area contributed by atoms with Gasteiger partial charge in [-0.2, -0.15) is 0 Å². The molecule has 1 fully saturated rings. The molecule has 0 aliphatic carbocycles. The number of rotatable bonds is 1. The van der Waals surface area contributed by atoms with E-state index in [-0.39, 0.29) is 13.2 Å². The monoisotopic (exact) mass is 134 g/mol. The van der Waals surface area contributed by atoms with Crippen molar-refractivity contribution in [3.8, 4) is 0 Å². The Morgan fingerprint density at radius 1 is 1.67 bits per heavy atom. The second-order valence-corrected chi connectivity index (χ2v) is 1.79. The fourth-order valence-electron chi connectivity index (χ4n) is 0.665. The van der Waals surface area contributed by atoms with E-state index in [1.807, 2.05) is 0 Å². The van der Waals surface area contributed by atoms with Crippen LogP contribution in [0, 0.1) is 15.3 Å². The van der Waals surface area contributed by atoms with E-state index in [4.69, 9.17) is 0 Å². The second kappa shape index (κ2) is 1.90. The molecule has 1 saturated heterocycles. The van der Waals surface area contributed by atoms with Crippen molar-refractivity contribution in [2.75, 3.05) is 13.2 Å². The van der Waals surface area contributed by atoms with Gasteiger partial charge in [0.2, 0.25) is 0 Å². The van der Waals surface area contributed by atoms with Crippen molar-refractivity contribution in [1.29, 1.82) is 0 Å². The number of quaternary nitrogens is 1. The fraction of sp³-hybridized carbons (Fsp3) is 1.00. The molecule has 52 valence electrons. The zero-order valence-electron chi connectivity index (χ0n) is 4.65. The van der Waals surface area contributed by atoms with Gasteiger partial charge in [0, 0.05) is 6.42 Å². The maximum Gasteiger partial charge on any atom is 0.274 e. The summed E-state index contributed by atoms with van der Waals surface area (Å²) in [5, 5.41) is 19.5. The predicted octanol–water partition coefficient (Wildman–Crippen LogP) is -0.172. The molecule has 0 spiro atoms. The summed E-state index contributed by atoms with van der Waals surface area (Å²) in [6, 6.07) is 0. The number of hydrogen-bond donors (Lipinski definition) is 0. The van der Waals surface area contributed by atoms with Crippen LogP contribution in [0.1, 0.15) is 6.42 Å². The first-order valence-corrected chi connectivity index (χ1v) is 2.54. The number of hydroxylamine groups is 2. The van der Waals surface area contributed by atoms with Gasteiger partial charge in [0.15, 0.2) is 6.54 Å². The third-order valence-corrected chi connectivity index (χ3v) is 1.13. The summed E-state index contributed by atoms with van der Waals surface area (Å²) >= 11 is 0. The quantitative estimate of drug-likeness (QED) is 0.216. The second-order valence-electron chi connectivity index (χ2n) is 1.79. The van der Waals surface area contributed by atoms with Gasteiger partial charge in [0.25, 0.3) is 5.03 Å². The molecule has 0 bridgehead atoms. The van der Waals surface area contributed by atoms with Gasteiger partial charge in [0.1, 0.15) is 6.61 Å². The minimum absolute atomic E-state index is 0.0764. The molecular weight excluding hydrogens is 128 g/mol. The normalized spacial score (nSPS) is 34.8. The minimum Gasteiger partial charge on any atom is -0.534 e. The largest absolute Gasteiger partial charge is 0.534 e. The first-order valence-electron chi connectivity index (χ1n) is 2.54. The number of hydrogen-bond acceptors (Lipinski definition) is 4. The minimum atomic E-state index is -1.72. The van der Waals surface area contributed by atoms with Gasteiger partial charge in [0.05, 0.1) is 4.92 Å². The Labute approximate surface area is 50.9 Å². The molecule has 1 atom stereocenters. The summed E-state index contributed by atoms with van der Waals surface area (Å²) in [4.78, 5) is 12.4. The molecule has 0 N–H and O–H groups in total. The van der Waals surface area contributed by atoms with E-state index in [2.05, 4.69) is 4.84 Å². The summed E-state index contributed by atoms with van der Waals surface area (Å²) in [5.74, 6) is 0. The molecule has 0 aromatic rings. The highest BCUT2D eigenvalue weighted by molar-refractivity contribution is 4.35. The SMILES string of the molecule is O=[N+]([O-])[N+]1([O-])CCCO1. The van der Waals surface area contributed by atoms with Crippen LogP contribution in [-0.2, 0) is 4.84 Å². The molecule has 1 rings (SSSR count). The highest BCUT2D eigenvalue weighted by atomic mass is 17.0. The van der Waals surface area contributed by atoms with Crippen LogP contribution >= 0.6 is 0 Å². The van der Waals surface area contributed by atoms with Crippen molar-refractivity contribution in [3.63, 3.8) is 0 Å². The van der Waals surface area contributed by atoms with Crippen LogP contribution in [0.5, 0.6) is 0 Å². The molecule has 1 aliphatic heterocycles. The van der Waals surface area contributed by atoms with Crippen molar-refractivity contribution in [3.05, 3.63) is 15.3 Å². The average Bonchev–Trinajstić information content (AvgIpc) is 2.16. The summed E-state index contributed by atoms with van der Waals surface area (Å²) < 4.78 is 0. The van der Waals surface area contributed by atoms with E-state index in [0.717, 1.165) is 0 Å². The van der Waals surface area contributed by atoms with E-state index in [0.29, 0.717) is 6.42 Å². The maximum absolute atomic E-state index is 10.6. The smallest absolute Gasteiger partial charge is 0.274 e. The third-order valence-electron chi connectivity index (χ3n) is 1.13. The van der Waals surface area contributed by atoms with E-state index in [9.17, 15) is 15.3 Å². The molecule has 6 heteroatoms. The molecule has 0 saturated carbocycles. The highest BCUT2D eigenvalue weighted by Crippen LogP contribution is 2.14. The standard InChI is InChI=1S/C3H6N2O4/c6-4(7)5(8)2-1-3-9-5/h1-3H2. The lowest BCUT2D eigenvalue weighted by Crippen LogP contribution is -2.43. The summed E-state index contributed by atoms with van der Waals surface area (Å²) in [6.45, 7) is 0.109. The lowest BCUT2D eigenvalue weighted by Gasteiger charge is -2.18. The zero-order chi connectivity index (χ0) is 6.91. The van der Waals surface area contributed by atoms with Gasteiger partial charge < -0.3 is 5.21 Å². The van der Waals surface area contributed by atoms with Crippen molar-refractivity contribution >= 4 is 0 Å². The lowest BCUT2D eigenvalue weighted by molar-refractivity contribution is -1.39. The Morgan fingerprint density at radius 3 is 2.56 bits per heavy atom. The molecule has 6 nitrogen and oxygen atoms in total. The Kier molecular flexibility index (Phi) is 1.35. The first kappa shape index (κ1) is 6.40. The maximum atomic E-state index is 10.6. The van der Waals surface area contributed by atoms with Gasteiger partial charge >= 0.3 is 0 Å². The Hall–Kier alpha value is -0.720. The van der Waals surface area contributed by atoms with Gasteiger partial charge in [-0.05, 0) is 0 Å². The molecular formula is C3H6N2O4. The van der Waals surface area contributed by atoms with Gasteiger partial charge in [-0.1, -0.05) is 0 Å². The van der Waals surface area contributed by atoms with Crippen molar-refractivity contribution in [2.24, 2.45) is 0 Å². The topological polar surface area (TPSA) is 75.4 Å². The van der Waals surface area contributed by atoms with Crippen LogP contribution in [0.3, 0.4) is 0 Å². The van der Waals surface area contributed by atoms with E-state index in [1.165, 1.54) is 0 Å². The zero-order valence-corrected chi connectivity index (χ0v) is 4.65. The van der Waals surface area contributed by atoms with E-state index in [1.54, 1.807) is 0 Å². The third kappa shape index (κ3) is 0.995.